The summed E-state index contributed by atoms with van der Waals surface area (Å²) in [7, 11) is 0. The third-order valence-corrected chi connectivity index (χ3v) is 2.52. The van der Waals surface area contributed by atoms with Crippen LogP contribution in [0.2, 0.25) is 0 Å². The highest BCUT2D eigenvalue weighted by atomic mass is 16.5. The molecule has 17 heavy (non-hydrogen) atoms. The van der Waals surface area contributed by atoms with Gasteiger partial charge < -0.3 is 9.84 Å². The fraction of sp³-hybridized carbons (Fsp3) is 0.867. The average Bonchev–Trinajstić information content (AvgIpc) is 2.35. The van der Waals surface area contributed by atoms with Gasteiger partial charge >= 0.3 is 0 Å². The van der Waals surface area contributed by atoms with Gasteiger partial charge in [-0.3, -0.25) is 0 Å². The Morgan fingerprint density at radius 3 is 2.12 bits per heavy atom. The Bertz CT molecular complexity index is 191. The van der Waals surface area contributed by atoms with Crippen LogP contribution < -0.4 is 0 Å². The summed E-state index contributed by atoms with van der Waals surface area (Å²) in [5.41, 5.74) is 0. The van der Waals surface area contributed by atoms with Crippen molar-refractivity contribution in [3.05, 3.63) is 0 Å². The van der Waals surface area contributed by atoms with E-state index in [0.29, 0.717) is 6.61 Å². The standard InChI is InChI=1S/C15H28O2/c1-2-14-17-15-12-10-8-6-4-3-5-7-9-11-13-16/h16H,2-3,5,7-15H2,1H3. The molecule has 1 N–H and O–H groups in total. The summed E-state index contributed by atoms with van der Waals surface area (Å²) in [5.74, 6) is 6.42. The zero-order valence-electron chi connectivity index (χ0n) is 11.3. The lowest BCUT2D eigenvalue weighted by Crippen LogP contribution is -1.94. The highest BCUT2D eigenvalue weighted by Gasteiger charge is 1.88. The molecule has 0 fully saturated rings. The summed E-state index contributed by atoms with van der Waals surface area (Å²) in [6.07, 6.45) is 9.84. The van der Waals surface area contributed by atoms with Gasteiger partial charge in [-0.1, -0.05) is 19.8 Å². The van der Waals surface area contributed by atoms with Crippen LogP contribution in [0.3, 0.4) is 0 Å². The van der Waals surface area contributed by atoms with Crippen LogP contribution >= 0.6 is 0 Å². The Morgan fingerprint density at radius 2 is 1.47 bits per heavy atom. The Balaban J connectivity index is 3.04. The first-order chi connectivity index (χ1) is 8.41. The topological polar surface area (TPSA) is 29.5 Å². The summed E-state index contributed by atoms with van der Waals surface area (Å²) in [4.78, 5) is 0. The molecule has 0 rings (SSSR count). The lowest BCUT2D eigenvalue weighted by molar-refractivity contribution is 0.131. The molecule has 0 atom stereocenters. The Morgan fingerprint density at radius 1 is 0.824 bits per heavy atom. The molecular weight excluding hydrogens is 212 g/mol. The van der Waals surface area contributed by atoms with Gasteiger partial charge in [-0.15, -0.1) is 11.8 Å². The normalized spacial score (nSPS) is 10.0. The average molecular weight is 240 g/mol. The van der Waals surface area contributed by atoms with Crippen molar-refractivity contribution in [1.29, 1.82) is 0 Å². The van der Waals surface area contributed by atoms with Crippen LogP contribution in [0.1, 0.15) is 64.7 Å². The molecule has 0 spiro atoms. The van der Waals surface area contributed by atoms with Gasteiger partial charge in [-0.2, -0.15) is 0 Å². The van der Waals surface area contributed by atoms with E-state index in [1.54, 1.807) is 0 Å². The monoisotopic (exact) mass is 240 g/mol. The summed E-state index contributed by atoms with van der Waals surface area (Å²) in [5, 5.41) is 8.61. The van der Waals surface area contributed by atoms with Crippen molar-refractivity contribution in [2.75, 3.05) is 19.8 Å². The molecule has 0 saturated heterocycles. The van der Waals surface area contributed by atoms with Crippen LogP contribution in [0, 0.1) is 11.8 Å². The smallest absolute Gasteiger partial charge is 0.0466 e. The lowest BCUT2D eigenvalue weighted by atomic mass is 10.1. The van der Waals surface area contributed by atoms with Crippen LogP contribution in [-0.4, -0.2) is 24.9 Å². The fourth-order valence-electron chi connectivity index (χ4n) is 1.52. The van der Waals surface area contributed by atoms with Crippen LogP contribution in [0.5, 0.6) is 0 Å². The largest absolute Gasteiger partial charge is 0.396 e. The number of rotatable bonds is 11. The van der Waals surface area contributed by atoms with E-state index in [2.05, 4.69) is 18.8 Å². The molecule has 0 aromatic heterocycles. The van der Waals surface area contributed by atoms with Crippen molar-refractivity contribution in [3.63, 3.8) is 0 Å². The zero-order valence-corrected chi connectivity index (χ0v) is 11.3. The molecule has 0 radical (unpaired) electrons. The highest BCUT2D eigenvalue weighted by Crippen LogP contribution is 2.01. The molecule has 2 nitrogen and oxygen atoms in total. The van der Waals surface area contributed by atoms with Gasteiger partial charge in [-0.05, 0) is 32.1 Å². The second-order valence-electron chi connectivity index (χ2n) is 4.31. The van der Waals surface area contributed by atoms with E-state index < -0.39 is 0 Å². The van der Waals surface area contributed by atoms with Gasteiger partial charge in [0.05, 0.1) is 0 Å². The van der Waals surface area contributed by atoms with Gasteiger partial charge in [0, 0.05) is 32.7 Å². The molecule has 0 heterocycles. The second-order valence-corrected chi connectivity index (χ2v) is 4.31. The minimum Gasteiger partial charge on any atom is -0.396 e. The Labute approximate surface area is 107 Å². The molecule has 0 bridgehead atoms. The summed E-state index contributed by atoms with van der Waals surface area (Å²) < 4.78 is 5.40. The van der Waals surface area contributed by atoms with E-state index in [9.17, 15) is 0 Å². The maximum Gasteiger partial charge on any atom is 0.0466 e. The van der Waals surface area contributed by atoms with Crippen LogP contribution in [-0.2, 0) is 4.74 Å². The van der Waals surface area contributed by atoms with Gasteiger partial charge in [0.1, 0.15) is 0 Å². The number of hydrogen-bond acceptors (Lipinski definition) is 2. The van der Waals surface area contributed by atoms with Gasteiger partial charge in [0.2, 0.25) is 0 Å². The molecule has 100 valence electrons. The van der Waals surface area contributed by atoms with E-state index in [-0.39, 0.29) is 0 Å². The first kappa shape index (κ1) is 16.5. The number of unbranched alkanes of at least 4 members (excludes halogenated alkanes) is 6. The number of hydrogen-bond donors (Lipinski definition) is 1. The third-order valence-electron chi connectivity index (χ3n) is 2.52. The SMILES string of the molecule is CCCOCCCCC#CCCCCCCO. The maximum absolute atomic E-state index is 8.61. The number of aliphatic hydroxyl groups excluding tert-OH is 1. The Hall–Kier alpha value is -0.520. The molecule has 0 aliphatic rings. The van der Waals surface area contributed by atoms with E-state index in [1.807, 2.05) is 0 Å². The van der Waals surface area contributed by atoms with Crippen molar-refractivity contribution in [1.82, 2.24) is 0 Å². The molecule has 0 aromatic rings. The predicted molar refractivity (Wildman–Crippen MR) is 72.9 cm³/mol. The second kappa shape index (κ2) is 15.5. The summed E-state index contributed by atoms with van der Waals surface area (Å²) >= 11 is 0. The highest BCUT2D eigenvalue weighted by molar-refractivity contribution is 4.98. The lowest BCUT2D eigenvalue weighted by Gasteiger charge is -1.99. The van der Waals surface area contributed by atoms with Crippen LogP contribution in [0.15, 0.2) is 0 Å². The quantitative estimate of drug-likeness (QED) is 0.442. The van der Waals surface area contributed by atoms with Crippen LogP contribution in [0.25, 0.3) is 0 Å². The van der Waals surface area contributed by atoms with Gasteiger partial charge in [0.25, 0.3) is 0 Å². The third kappa shape index (κ3) is 15.5. The summed E-state index contributed by atoms with van der Waals surface area (Å²) in [6, 6.07) is 0. The van der Waals surface area contributed by atoms with Crippen molar-refractivity contribution < 1.29 is 9.84 Å². The van der Waals surface area contributed by atoms with Crippen molar-refractivity contribution in [2.45, 2.75) is 64.7 Å². The molecular formula is C15H28O2. The minimum absolute atomic E-state index is 0.325. The molecule has 2 heteroatoms. The summed E-state index contributed by atoms with van der Waals surface area (Å²) in [6.45, 7) is 4.23. The Kier molecular flexibility index (Phi) is 15.0. The van der Waals surface area contributed by atoms with Crippen molar-refractivity contribution >= 4 is 0 Å². The zero-order chi connectivity index (χ0) is 12.6. The molecule has 0 saturated carbocycles. The molecule has 0 aliphatic carbocycles. The van der Waals surface area contributed by atoms with E-state index in [1.165, 1.54) is 12.8 Å². The molecule has 0 aliphatic heterocycles. The number of ether oxygens (including phenoxy) is 1. The first-order valence-corrected chi connectivity index (χ1v) is 7.06. The van der Waals surface area contributed by atoms with Crippen molar-refractivity contribution in [2.24, 2.45) is 0 Å². The van der Waals surface area contributed by atoms with E-state index in [0.717, 1.165) is 58.2 Å². The first-order valence-electron chi connectivity index (χ1n) is 7.06. The van der Waals surface area contributed by atoms with E-state index >= 15 is 0 Å². The van der Waals surface area contributed by atoms with Crippen molar-refractivity contribution in [3.8, 4) is 11.8 Å². The van der Waals surface area contributed by atoms with E-state index in [4.69, 9.17) is 9.84 Å². The molecule has 0 unspecified atom stereocenters. The van der Waals surface area contributed by atoms with Gasteiger partial charge in [0.15, 0.2) is 0 Å². The number of aliphatic hydroxyl groups is 1. The molecule has 0 aromatic carbocycles. The van der Waals surface area contributed by atoms with Gasteiger partial charge in [-0.25, -0.2) is 0 Å². The maximum atomic E-state index is 8.61. The molecule has 0 amide bonds. The predicted octanol–water partition coefficient (Wildman–Crippen LogP) is 3.53. The minimum atomic E-state index is 0.325. The van der Waals surface area contributed by atoms with Crippen LogP contribution in [0.4, 0.5) is 0 Å². The fourth-order valence-corrected chi connectivity index (χ4v) is 1.52.